The molecule has 152 valence electrons. The average Bonchev–Trinajstić information content (AvgIpc) is 2.90. The van der Waals surface area contributed by atoms with Crippen molar-refractivity contribution in [2.24, 2.45) is 10.7 Å². The maximum atomic E-state index is 13.0. The minimum atomic E-state index is 0.0455. The molecule has 0 spiro atoms. The number of ether oxygens (including phenoxy) is 1. The van der Waals surface area contributed by atoms with Crippen LogP contribution in [0.25, 0.3) is 6.08 Å². The van der Waals surface area contributed by atoms with Crippen LogP contribution in [0.2, 0.25) is 0 Å². The van der Waals surface area contributed by atoms with Crippen LogP contribution < -0.4 is 10.5 Å². The Hall–Kier alpha value is -3.08. The number of rotatable bonds is 8. The Morgan fingerprint density at radius 2 is 1.83 bits per heavy atom. The van der Waals surface area contributed by atoms with E-state index in [1.165, 1.54) is 0 Å². The van der Waals surface area contributed by atoms with Gasteiger partial charge in [-0.3, -0.25) is 4.79 Å². The summed E-state index contributed by atoms with van der Waals surface area (Å²) < 4.78 is 5.90. The van der Waals surface area contributed by atoms with Gasteiger partial charge in [0, 0.05) is 36.7 Å². The highest BCUT2D eigenvalue weighted by molar-refractivity contribution is 6.05. The van der Waals surface area contributed by atoms with Crippen LogP contribution in [-0.2, 0) is 11.4 Å². The van der Waals surface area contributed by atoms with Gasteiger partial charge in [0.2, 0.25) is 5.91 Å². The Bertz CT molecular complexity index is 898. The normalized spacial score (nSPS) is 13.0. The summed E-state index contributed by atoms with van der Waals surface area (Å²) in [5.74, 6) is 1.21. The molecule has 2 aromatic rings. The summed E-state index contributed by atoms with van der Waals surface area (Å²) in [5.41, 5.74) is 9.54. The van der Waals surface area contributed by atoms with E-state index in [4.69, 9.17) is 10.5 Å². The Labute approximate surface area is 172 Å². The van der Waals surface area contributed by atoms with Gasteiger partial charge in [0.1, 0.15) is 18.2 Å². The molecule has 0 aliphatic carbocycles. The van der Waals surface area contributed by atoms with Crippen LogP contribution in [-0.4, -0.2) is 29.7 Å². The first-order valence-corrected chi connectivity index (χ1v) is 10.2. The number of nitrogens with two attached hydrogens (primary N) is 1. The summed E-state index contributed by atoms with van der Waals surface area (Å²) in [7, 11) is 0. The monoisotopic (exact) mass is 391 g/mol. The third-order valence-electron chi connectivity index (χ3n) is 4.76. The molecule has 0 radical (unpaired) electrons. The van der Waals surface area contributed by atoms with E-state index in [-0.39, 0.29) is 5.91 Å². The molecule has 0 saturated heterocycles. The first kappa shape index (κ1) is 20.6. The molecule has 1 heterocycles. The lowest BCUT2D eigenvalue weighted by Gasteiger charge is -2.22. The fourth-order valence-corrected chi connectivity index (χ4v) is 3.40. The Morgan fingerprint density at radius 3 is 2.52 bits per heavy atom. The number of amides is 1. The predicted molar refractivity (Wildman–Crippen MR) is 118 cm³/mol. The van der Waals surface area contributed by atoms with Crippen LogP contribution in [0.1, 0.15) is 44.2 Å². The van der Waals surface area contributed by atoms with Crippen LogP contribution in [0.4, 0.5) is 5.69 Å². The molecule has 0 atom stereocenters. The number of carbonyl (C=O) groups is 1. The van der Waals surface area contributed by atoms with Crippen molar-refractivity contribution in [3.8, 4) is 5.75 Å². The number of amidine groups is 1. The van der Waals surface area contributed by atoms with Gasteiger partial charge in [0.25, 0.3) is 0 Å². The molecule has 2 aromatic carbocycles. The number of fused-ring (bicyclic) bond motifs is 1. The zero-order valence-electron chi connectivity index (χ0n) is 17.2. The van der Waals surface area contributed by atoms with E-state index in [1.807, 2.05) is 59.5 Å². The van der Waals surface area contributed by atoms with Gasteiger partial charge < -0.3 is 15.4 Å². The van der Waals surface area contributed by atoms with Gasteiger partial charge in [-0.05, 0) is 36.6 Å². The van der Waals surface area contributed by atoms with Gasteiger partial charge in [-0.15, -0.1) is 0 Å². The minimum absolute atomic E-state index is 0.0455. The second kappa shape index (κ2) is 9.92. The molecular weight excluding hydrogens is 362 g/mol. The smallest absolute Gasteiger partial charge is 0.250 e. The van der Waals surface area contributed by atoms with Crippen LogP contribution >= 0.6 is 0 Å². The number of hydrogen-bond donors (Lipinski definition) is 1. The lowest BCUT2D eigenvalue weighted by molar-refractivity contribution is -0.127. The Kier molecular flexibility index (Phi) is 7.06. The third-order valence-corrected chi connectivity index (χ3v) is 4.76. The topological polar surface area (TPSA) is 67.9 Å². The molecule has 0 unspecified atom stereocenters. The Morgan fingerprint density at radius 1 is 1.10 bits per heavy atom. The molecular formula is C24H29N3O2. The van der Waals surface area contributed by atoms with Crippen molar-refractivity contribution in [2.75, 3.05) is 13.1 Å². The SMILES string of the molecule is CCCN(CCC)C(=O)C1=Cc2ccc(OCc3ccccc3)cc2N=C(N)C1. The summed E-state index contributed by atoms with van der Waals surface area (Å²) in [5, 5.41) is 0. The van der Waals surface area contributed by atoms with Crippen molar-refractivity contribution in [3.05, 3.63) is 65.2 Å². The van der Waals surface area contributed by atoms with Crippen molar-refractivity contribution in [2.45, 2.75) is 39.7 Å². The molecule has 5 heteroatoms. The molecule has 2 N–H and O–H groups in total. The molecule has 1 amide bonds. The summed E-state index contributed by atoms with van der Waals surface area (Å²) in [6.07, 6.45) is 4.14. The second-order valence-corrected chi connectivity index (χ2v) is 7.24. The number of carbonyl (C=O) groups excluding carboxylic acids is 1. The fourth-order valence-electron chi connectivity index (χ4n) is 3.40. The van der Waals surface area contributed by atoms with E-state index < -0.39 is 0 Å². The maximum Gasteiger partial charge on any atom is 0.250 e. The first-order valence-electron chi connectivity index (χ1n) is 10.2. The fraction of sp³-hybridized carbons (Fsp3) is 0.333. The van der Waals surface area contributed by atoms with Gasteiger partial charge in [-0.2, -0.15) is 0 Å². The van der Waals surface area contributed by atoms with E-state index >= 15 is 0 Å². The molecule has 1 aliphatic heterocycles. The molecule has 3 rings (SSSR count). The van der Waals surface area contributed by atoms with Crippen LogP contribution in [0.3, 0.4) is 0 Å². The number of aliphatic imine (C=N–C) groups is 1. The number of nitrogens with zero attached hydrogens (tertiary/aromatic N) is 2. The number of hydrogen-bond acceptors (Lipinski definition) is 4. The Balaban J connectivity index is 1.81. The van der Waals surface area contributed by atoms with Crippen LogP contribution in [0.5, 0.6) is 5.75 Å². The quantitative estimate of drug-likeness (QED) is 0.710. The molecule has 29 heavy (non-hydrogen) atoms. The van der Waals surface area contributed by atoms with Crippen molar-refractivity contribution in [3.63, 3.8) is 0 Å². The van der Waals surface area contributed by atoms with E-state index in [0.717, 1.165) is 48.5 Å². The molecule has 0 fully saturated rings. The van der Waals surface area contributed by atoms with Gasteiger partial charge in [0.05, 0.1) is 5.69 Å². The minimum Gasteiger partial charge on any atom is -0.489 e. The molecule has 1 aliphatic rings. The second-order valence-electron chi connectivity index (χ2n) is 7.24. The summed E-state index contributed by atoms with van der Waals surface area (Å²) in [6, 6.07) is 15.7. The largest absolute Gasteiger partial charge is 0.489 e. The van der Waals surface area contributed by atoms with Crippen molar-refractivity contribution in [1.82, 2.24) is 4.90 Å². The average molecular weight is 392 g/mol. The zero-order valence-corrected chi connectivity index (χ0v) is 17.2. The molecule has 0 saturated carbocycles. The lowest BCUT2D eigenvalue weighted by Crippen LogP contribution is -2.34. The van der Waals surface area contributed by atoms with Gasteiger partial charge in [-0.1, -0.05) is 44.2 Å². The number of benzene rings is 2. The summed E-state index contributed by atoms with van der Waals surface area (Å²) in [4.78, 5) is 19.5. The zero-order chi connectivity index (χ0) is 20.6. The van der Waals surface area contributed by atoms with E-state index in [9.17, 15) is 4.79 Å². The van der Waals surface area contributed by atoms with E-state index in [1.54, 1.807) is 0 Å². The molecule has 0 bridgehead atoms. The third kappa shape index (κ3) is 5.47. The summed E-state index contributed by atoms with van der Waals surface area (Å²) in [6.45, 7) is 6.15. The van der Waals surface area contributed by atoms with E-state index in [0.29, 0.717) is 24.4 Å². The van der Waals surface area contributed by atoms with Crippen LogP contribution in [0.15, 0.2) is 59.1 Å². The molecule has 5 nitrogen and oxygen atoms in total. The van der Waals surface area contributed by atoms with Gasteiger partial charge in [-0.25, -0.2) is 4.99 Å². The molecule has 0 aromatic heterocycles. The first-order chi connectivity index (χ1) is 14.1. The van der Waals surface area contributed by atoms with Crippen molar-refractivity contribution >= 4 is 23.5 Å². The van der Waals surface area contributed by atoms with Gasteiger partial charge in [0.15, 0.2) is 0 Å². The maximum absolute atomic E-state index is 13.0. The van der Waals surface area contributed by atoms with E-state index in [2.05, 4.69) is 18.8 Å². The van der Waals surface area contributed by atoms with Crippen molar-refractivity contribution in [1.29, 1.82) is 0 Å². The highest BCUT2D eigenvalue weighted by atomic mass is 16.5. The van der Waals surface area contributed by atoms with Gasteiger partial charge >= 0.3 is 0 Å². The van der Waals surface area contributed by atoms with Crippen LogP contribution in [0, 0.1) is 0 Å². The summed E-state index contributed by atoms with van der Waals surface area (Å²) >= 11 is 0. The highest BCUT2D eigenvalue weighted by Crippen LogP contribution is 2.31. The standard InChI is InChI=1S/C24H29N3O2/c1-3-12-27(13-4-2)24(28)20-14-19-10-11-21(16-22(19)26-23(25)15-20)29-17-18-8-6-5-7-9-18/h5-11,14,16H,3-4,12-13,15,17H2,1-2H3,(H2,25,26). The lowest BCUT2D eigenvalue weighted by atomic mass is 10.1. The van der Waals surface area contributed by atoms with Crippen molar-refractivity contribution < 1.29 is 9.53 Å². The predicted octanol–water partition coefficient (Wildman–Crippen LogP) is 4.69. The highest BCUT2D eigenvalue weighted by Gasteiger charge is 2.21.